The van der Waals surface area contributed by atoms with E-state index in [0.29, 0.717) is 4.47 Å². The van der Waals surface area contributed by atoms with Gasteiger partial charge >= 0.3 is 0 Å². The summed E-state index contributed by atoms with van der Waals surface area (Å²) >= 11 is 5.92. The zero-order chi connectivity index (χ0) is 10.0. The highest BCUT2D eigenvalue weighted by atomic mass is 79.9. The zero-order valence-electron chi connectivity index (χ0n) is 6.19. The van der Waals surface area contributed by atoms with Crippen LogP contribution in [0.4, 0.5) is 8.78 Å². The van der Waals surface area contributed by atoms with Crippen LogP contribution in [0.15, 0.2) is 16.6 Å². The van der Waals surface area contributed by atoms with Crippen LogP contribution in [-0.4, -0.2) is 0 Å². The van der Waals surface area contributed by atoms with E-state index in [4.69, 9.17) is 5.26 Å². The van der Waals surface area contributed by atoms with Gasteiger partial charge in [0.15, 0.2) is 11.6 Å². The molecule has 1 unspecified atom stereocenters. The highest BCUT2D eigenvalue weighted by Gasteiger charge is 2.16. The third-order valence-corrected chi connectivity index (χ3v) is 2.56. The van der Waals surface area contributed by atoms with E-state index in [2.05, 4.69) is 31.9 Å². The van der Waals surface area contributed by atoms with Crippen molar-refractivity contribution in [3.63, 3.8) is 0 Å². The fourth-order valence-electron chi connectivity index (χ4n) is 0.830. The maximum atomic E-state index is 13.0. The summed E-state index contributed by atoms with van der Waals surface area (Å²) in [5.41, 5.74) is -0.00521. The molecule has 0 aliphatic rings. The summed E-state index contributed by atoms with van der Waals surface area (Å²) in [6.45, 7) is 0. The van der Waals surface area contributed by atoms with Gasteiger partial charge in [0.25, 0.3) is 0 Å². The van der Waals surface area contributed by atoms with Crippen molar-refractivity contribution in [2.75, 3.05) is 0 Å². The van der Waals surface area contributed by atoms with Crippen molar-refractivity contribution >= 4 is 31.9 Å². The van der Waals surface area contributed by atoms with Crippen LogP contribution < -0.4 is 0 Å². The van der Waals surface area contributed by atoms with Crippen LogP contribution in [0.1, 0.15) is 10.4 Å². The Bertz CT molecular complexity index is 373. The molecule has 1 atom stereocenters. The standard InChI is InChI=1S/C8H3Br2F2N/c9-4-1-5(6(10)3-13)8(12)7(11)2-4/h1-2,6H. The predicted octanol–water partition coefficient (Wildman–Crippen LogP) is 3.69. The van der Waals surface area contributed by atoms with E-state index in [1.165, 1.54) is 6.07 Å². The van der Waals surface area contributed by atoms with Gasteiger partial charge in [0.2, 0.25) is 0 Å². The molecule has 0 saturated carbocycles. The molecular formula is C8H3Br2F2N. The van der Waals surface area contributed by atoms with Gasteiger partial charge in [-0.2, -0.15) is 5.26 Å². The van der Waals surface area contributed by atoms with Crippen LogP contribution in [0.2, 0.25) is 0 Å². The fraction of sp³-hybridized carbons (Fsp3) is 0.125. The number of nitriles is 1. The van der Waals surface area contributed by atoms with Crippen LogP contribution in [0, 0.1) is 23.0 Å². The molecule has 0 fully saturated rings. The first-order chi connectivity index (χ1) is 6.06. The van der Waals surface area contributed by atoms with Crippen molar-refractivity contribution < 1.29 is 8.78 Å². The molecule has 0 radical (unpaired) electrons. The molecule has 1 aromatic rings. The second-order valence-corrected chi connectivity index (χ2v) is 4.11. The van der Waals surface area contributed by atoms with Crippen LogP contribution in [0.5, 0.6) is 0 Å². The predicted molar refractivity (Wildman–Crippen MR) is 51.3 cm³/mol. The SMILES string of the molecule is N#CC(Br)c1cc(Br)cc(F)c1F. The second kappa shape index (κ2) is 4.16. The highest BCUT2D eigenvalue weighted by molar-refractivity contribution is 9.10. The van der Waals surface area contributed by atoms with E-state index >= 15 is 0 Å². The van der Waals surface area contributed by atoms with Gasteiger partial charge < -0.3 is 0 Å². The summed E-state index contributed by atoms with van der Waals surface area (Å²) in [7, 11) is 0. The number of halogens is 4. The van der Waals surface area contributed by atoms with E-state index in [0.717, 1.165) is 6.07 Å². The largest absolute Gasteiger partial charge is 0.204 e. The molecule has 0 spiro atoms. The van der Waals surface area contributed by atoms with Gasteiger partial charge in [0.05, 0.1) is 6.07 Å². The Kier molecular flexibility index (Phi) is 3.40. The molecule has 0 N–H and O–H groups in total. The summed E-state index contributed by atoms with van der Waals surface area (Å²) in [6.07, 6.45) is 0. The first-order valence-electron chi connectivity index (χ1n) is 3.24. The molecule has 0 bridgehead atoms. The summed E-state index contributed by atoms with van der Waals surface area (Å²) in [6, 6.07) is 4.14. The summed E-state index contributed by atoms with van der Waals surface area (Å²) < 4.78 is 26.2. The van der Waals surface area contributed by atoms with Gasteiger partial charge in [-0.05, 0) is 12.1 Å². The van der Waals surface area contributed by atoms with E-state index in [-0.39, 0.29) is 5.56 Å². The van der Waals surface area contributed by atoms with Crippen molar-refractivity contribution in [3.8, 4) is 6.07 Å². The summed E-state index contributed by atoms with van der Waals surface area (Å²) in [5.74, 6) is -1.96. The van der Waals surface area contributed by atoms with Crippen LogP contribution >= 0.6 is 31.9 Å². The topological polar surface area (TPSA) is 23.8 Å². The lowest BCUT2D eigenvalue weighted by Crippen LogP contribution is -1.95. The molecule has 68 valence electrons. The first-order valence-corrected chi connectivity index (χ1v) is 4.95. The van der Waals surface area contributed by atoms with E-state index < -0.39 is 16.5 Å². The second-order valence-electron chi connectivity index (χ2n) is 2.28. The molecule has 13 heavy (non-hydrogen) atoms. The Morgan fingerprint density at radius 3 is 2.54 bits per heavy atom. The Balaban J connectivity index is 3.30. The molecule has 0 aliphatic heterocycles. The van der Waals surface area contributed by atoms with Crippen molar-refractivity contribution in [2.24, 2.45) is 0 Å². The van der Waals surface area contributed by atoms with E-state index in [9.17, 15) is 8.78 Å². The third-order valence-electron chi connectivity index (χ3n) is 1.41. The molecule has 0 aromatic heterocycles. The van der Waals surface area contributed by atoms with Crippen molar-refractivity contribution in [1.82, 2.24) is 0 Å². The van der Waals surface area contributed by atoms with E-state index in [1.807, 2.05) is 0 Å². The van der Waals surface area contributed by atoms with Crippen LogP contribution in [0.3, 0.4) is 0 Å². The minimum atomic E-state index is -0.994. The van der Waals surface area contributed by atoms with Gasteiger partial charge in [0, 0.05) is 10.0 Å². The molecule has 0 aliphatic carbocycles. The number of nitrogens with zero attached hydrogens (tertiary/aromatic N) is 1. The van der Waals surface area contributed by atoms with Crippen molar-refractivity contribution in [1.29, 1.82) is 5.26 Å². The fourth-order valence-corrected chi connectivity index (χ4v) is 1.61. The Morgan fingerprint density at radius 2 is 2.00 bits per heavy atom. The number of hydrogen-bond donors (Lipinski definition) is 0. The lowest BCUT2D eigenvalue weighted by molar-refractivity contribution is 0.500. The average Bonchev–Trinajstić information content (AvgIpc) is 2.10. The maximum Gasteiger partial charge on any atom is 0.164 e. The minimum Gasteiger partial charge on any atom is -0.204 e. The molecule has 1 aromatic carbocycles. The van der Waals surface area contributed by atoms with Gasteiger partial charge in [-0.3, -0.25) is 0 Å². The van der Waals surface area contributed by atoms with Crippen molar-refractivity contribution in [2.45, 2.75) is 4.83 Å². The van der Waals surface area contributed by atoms with Gasteiger partial charge in [-0.15, -0.1) is 0 Å². The summed E-state index contributed by atoms with van der Waals surface area (Å²) in [5, 5.41) is 8.49. The maximum absolute atomic E-state index is 13.0. The van der Waals surface area contributed by atoms with Gasteiger partial charge in [-0.1, -0.05) is 31.9 Å². The third kappa shape index (κ3) is 2.26. The molecule has 0 heterocycles. The van der Waals surface area contributed by atoms with E-state index in [1.54, 1.807) is 6.07 Å². The van der Waals surface area contributed by atoms with Crippen LogP contribution in [0.25, 0.3) is 0 Å². The monoisotopic (exact) mass is 309 g/mol. The summed E-state index contributed by atoms with van der Waals surface area (Å²) in [4.78, 5) is -0.834. The van der Waals surface area contributed by atoms with Gasteiger partial charge in [0.1, 0.15) is 4.83 Å². The minimum absolute atomic E-state index is 0.00521. The van der Waals surface area contributed by atoms with Crippen molar-refractivity contribution in [3.05, 3.63) is 33.8 Å². The molecule has 0 amide bonds. The smallest absolute Gasteiger partial charge is 0.164 e. The lowest BCUT2D eigenvalue weighted by Gasteiger charge is -2.04. The molecular weight excluding hydrogens is 308 g/mol. The molecule has 0 saturated heterocycles. The highest BCUT2D eigenvalue weighted by Crippen LogP contribution is 2.28. The molecule has 5 heteroatoms. The van der Waals surface area contributed by atoms with Gasteiger partial charge in [-0.25, -0.2) is 8.78 Å². The first kappa shape index (κ1) is 10.6. The number of hydrogen-bond acceptors (Lipinski definition) is 1. The Hall–Kier alpha value is -0.470. The lowest BCUT2D eigenvalue weighted by atomic mass is 10.1. The molecule has 1 nitrogen and oxygen atoms in total. The number of alkyl halides is 1. The van der Waals surface area contributed by atoms with Crippen LogP contribution in [-0.2, 0) is 0 Å². The Morgan fingerprint density at radius 1 is 1.38 bits per heavy atom. The average molecular weight is 311 g/mol. The zero-order valence-corrected chi connectivity index (χ0v) is 9.36. The quantitative estimate of drug-likeness (QED) is 0.573. The number of benzene rings is 1. The molecule has 1 rings (SSSR count). The Labute approximate surface area is 90.6 Å². The number of rotatable bonds is 1. The normalized spacial score (nSPS) is 12.2.